The summed E-state index contributed by atoms with van der Waals surface area (Å²) >= 11 is 3.45. The van der Waals surface area contributed by atoms with Crippen LogP contribution in [0, 0.1) is 0 Å². The minimum Gasteiger partial charge on any atom is -0.498 e. The van der Waals surface area contributed by atoms with Crippen LogP contribution < -0.4 is 0 Å². The molecule has 1 aromatic carbocycles. The summed E-state index contributed by atoms with van der Waals surface area (Å²) in [6.45, 7) is 0.222. The molecule has 2 atom stereocenters. The Hall–Kier alpha value is -1.34. The lowest BCUT2D eigenvalue weighted by molar-refractivity contribution is -0.145. The van der Waals surface area contributed by atoms with E-state index in [1.165, 1.54) is 5.56 Å². The van der Waals surface area contributed by atoms with E-state index in [0.717, 1.165) is 10.9 Å². The first-order valence-corrected chi connectivity index (χ1v) is 7.65. The van der Waals surface area contributed by atoms with E-state index >= 15 is 0 Å². The van der Waals surface area contributed by atoms with Crippen LogP contribution in [-0.2, 0) is 18.9 Å². The highest BCUT2D eigenvalue weighted by Gasteiger charge is 2.54. The summed E-state index contributed by atoms with van der Waals surface area (Å²) in [6.07, 6.45) is 0.859. The Labute approximate surface area is 131 Å². The Balaban J connectivity index is 1.69. The van der Waals surface area contributed by atoms with Crippen molar-refractivity contribution in [2.75, 3.05) is 20.1 Å². The van der Waals surface area contributed by atoms with Gasteiger partial charge in [-0.3, -0.25) is 14.5 Å². The normalized spacial score (nSPS) is 26.7. The second-order valence-electron chi connectivity index (χ2n) is 5.58. The topological polar surface area (TPSA) is 55.8 Å². The molecule has 0 aromatic heterocycles. The zero-order chi connectivity index (χ0) is 15.0. The molecule has 7 heteroatoms. The predicted molar refractivity (Wildman–Crippen MR) is 80.7 cm³/mol. The smallest absolute Gasteiger partial charge is 0.498 e. The second kappa shape index (κ2) is 5.81. The summed E-state index contributed by atoms with van der Waals surface area (Å²) in [5.74, 6) is -0.384. The second-order valence-corrected chi connectivity index (χ2v) is 6.50. The van der Waals surface area contributed by atoms with E-state index in [4.69, 9.17) is 9.31 Å². The van der Waals surface area contributed by atoms with Gasteiger partial charge in [-0.15, -0.1) is 0 Å². The van der Waals surface area contributed by atoms with E-state index in [2.05, 4.69) is 15.9 Å². The molecule has 0 radical (unpaired) electrons. The minimum atomic E-state index is -0.761. The lowest BCUT2D eigenvalue weighted by Crippen LogP contribution is -2.42. The van der Waals surface area contributed by atoms with Crippen LogP contribution in [0.3, 0.4) is 0 Å². The maximum absolute atomic E-state index is 11.7. The van der Waals surface area contributed by atoms with Gasteiger partial charge < -0.3 is 9.31 Å². The molecule has 1 saturated heterocycles. The largest absolute Gasteiger partial charge is 0.602 e. The van der Waals surface area contributed by atoms with Crippen molar-refractivity contribution in [2.45, 2.75) is 18.2 Å². The zero-order valence-corrected chi connectivity index (χ0v) is 13.2. The van der Waals surface area contributed by atoms with Crippen LogP contribution in [-0.4, -0.2) is 44.1 Å². The minimum absolute atomic E-state index is 0.0515. The fourth-order valence-electron chi connectivity index (χ4n) is 2.67. The Morgan fingerprint density at radius 2 is 1.90 bits per heavy atom. The number of hydrogen-bond acceptors (Lipinski definition) is 5. The number of likely N-dealkylation sites (N-methyl/N-ethyl adjacent to an activating group) is 1. The van der Waals surface area contributed by atoms with Crippen molar-refractivity contribution < 1.29 is 18.9 Å². The first kappa shape index (κ1) is 14.6. The predicted octanol–water partition coefficient (Wildman–Crippen LogP) is 1.83. The number of nitrogens with zero attached hydrogens (tertiary/aromatic N) is 1. The van der Waals surface area contributed by atoms with Gasteiger partial charge in [0.05, 0.1) is 13.1 Å². The van der Waals surface area contributed by atoms with E-state index in [1.54, 1.807) is 11.9 Å². The van der Waals surface area contributed by atoms with Gasteiger partial charge in [0.15, 0.2) is 0 Å². The Morgan fingerprint density at radius 1 is 1.24 bits per heavy atom. The first-order valence-electron chi connectivity index (χ1n) is 6.86. The van der Waals surface area contributed by atoms with Crippen LogP contribution in [0.1, 0.15) is 17.9 Å². The fraction of sp³-hybridized carbons (Fsp3) is 0.429. The third kappa shape index (κ3) is 3.47. The van der Waals surface area contributed by atoms with Crippen molar-refractivity contribution in [2.24, 2.45) is 0 Å². The van der Waals surface area contributed by atoms with Crippen LogP contribution >= 0.6 is 15.9 Å². The molecule has 1 aliphatic carbocycles. The maximum Gasteiger partial charge on any atom is 0.602 e. The molecule has 0 amide bonds. The fourth-order valence-corrected chi connectivity index (χ4v) is 3.08. The van der Waals surface area contributed by atoms with Gasteiger partial charge in [0, 0.05) is 10.3 Å². The van der Waals surface area contributed by atoms with Crippen molar-refractivity contribution in [1.29, 1.82) is 0 Å². The van der Waals surface area contributed by atoms with Gasteiger partial charge in [0.2, 0.25) is 0 Å². The van der Waals surface area contributed by atoms with Crippen molar-refractivity contribution in [3.8, 4) is 0 Å². The van der Waals surface area contributed by atoms with Gasteiger partial charge in [-0.1, -0.05) is 28.1 Å². The Morgan fingerprint density at radius 3 is 2.52 bits per heavy atom. The summed E-state index contributed by atoms with van der Waals surface area (Å²) in [5.41, 5.74) is 1.17. The van der Waals surface area contributed by atoms with Crippen molar-refractivity contribution in [3.63, 3.8) is 0 Å². The highest BCUT2D eigenvalue weighted by Crippen LogP contribution is 2.55. The maximum atomic E-state index is 11.7. The lowest BCUT2D eigenvalue weighted by atomic mass is 9.79. The van der Waals surface area contributed by atoms with E-state index in [9.17, 15) is 9.59 Å². The van der Waals surface area contributed by atoms with E-state index in [0.29, 0.717) is 0 Å². The third-order valence-corrected chi connectivity index (χ3v) is 4.25. The van der Waals surface area contributed by atoms with Gasteiger partial charge in [0.25, 0.3) is 0 Å². The highest BCUT2D eigenvalue weighted by molar-refractivity contribution is 9.10. The summed E-state index contributed by atoms with van der Waals surface area (Å²) in [5, 5.41) is 0. The molecular weight excluding hydrogens is 337 g/mol. The van der Waals surface area contributed by atoms with Crippen LogP contribution in [0.4, 0.5) is 0 Å². The standard InChI is InChI=1S/C14H15BBrNO4/c1-17-7-13(18)20-15(21-14(19)8-17)12-6-11(12)9-3-2-4-10(16)5-9/h2-5,11-12H,6-8H2,1H3/t11-,12+/m1/s1. The number of benzene rings is 1. The molecule has 1 aliphatic heterocycles. The quantitative estimate of drug-likeness (QED) is 0.761. The van der Waals surface area contributed by atoms with Crippen molar-refractivity contribution >= 4 is 35.0 Å². The molecule has 0 unspecified atom stereocenters. The molecule has 1 aromatic rings. The number of halogens is 1. The SMILES string of the molecule is CN1CC(=O)OB([C@H]2C[C@@H]2c2cccc(Br)c2)OC(=O)C1. The molecule has 0 spiro atoms. The molecule has 21 heavy (non-hydrogen) atoms. The van der Waals surface area contributed by atoms with Crippen molar-refractivity contribution in [3.05, 3.63) is 34.3 Å². The van der Waals surface area contributed by atoms with Gasteiger partial charge in [-0.25, -0.2) is 0 Å². The number of carbonyl (C=O) groups excluding carboxylic acids is 2. The van der Waals surface area contributed by atoms with Gasteiger partial charge >= 0.3 is 19.1 Å². The van der Waals surface area contributed by atoms with Crippen molar-refractivity contribution in [1.82, 2.24) is 4.90 Å². The zero-order valence-electron chi connectivity index (χ0n) is 11.6. The van der Waals surface area contributed by atoms with Gasteiger partial charge in [0.1, 0.15) is 0 Å². The molecule has 3 rings (SSSR count). The molecule has 1 heterocycles. The van der Waals surface area contributed by atoms with Gasteiger partial charge in [-0.05, 0) is 37.1 Å². The highest BCUT2D eigenvalue weighted by atomic mass is 79.9. The summed E-state index contributed by atoms with van der Waals surface area (Å²) in [6, 6.07) is 8.02. The molecule has 2 aliphatic rings. The van der Waals surface area contributed by atoms with Crippen LogP contribution in [0.2, 0.25) is 5.82 Å². The average molecular weight is 352 g/mol. The monoisotopic (exact) mass is 351 g/mol. The summed E-state index contributed by atoms with van der Waals surface area (Å²) in [4.78, 5) is 25.0. The molecule has 0 bridgehead atoms. The van der Waals surface area contributed by atoms with E-state index in [1.807, 2.05) is 24.3 Å². The third-order valence-electron chi connectivity index (χ3n) is 3.76. The number of rotatable bonds is 2. The summed E-state index contributed by atoms with van der Waals surface area (Å²) < 4.78 is 11.6. The van der Waals surface area contributed by atoms with E-state index in [-0.39, 0.29) is 36.8 Å². The van der Waals surface area contributed by atoms with Gasteiger partial charge in [-0.2, -0.15) is 0 Å². The average Bonchev–Trinajstić information content (AvgIpc) is 3.16. The molecule has 110 valence electrons. The molecule has 1 saturated carbocycles. The van der Waals surface area contributed by atoms with Crippen LogP contribution in [0.25, 0.3) is 0 Å². The lowest BCUT2D eigenvalue weighted by Gasteiger charge is -2.22. The van der Waals surface area contributed by atoms with Crippen LogP contribution in [0.5, 0.6) is 0 Å². The number of hydrogen-bond donors (Lipinski definition) is 0. The molecule has 5 nitrogen and oxygen atoms in total. The molecule has 2 fully saturated rings. The number of carbonyl (C=O) groups is 2. The summed E-state index contributed by atoms with van der Waals surface area (Å²) in [7, 11) is 0.923. The first-order chi connectivity index (χ1) is 10.0. The van der Waals surface area contributed by atoms with Crippen LogP contribution in [0.15, 0.2) is 28.7 Å². The molecule has 0 N–H and O–H groups in total. The van der Waals surface area contributed by atoms with E-state index < -0.39 is 7.12 Å². The molecular formula is C14H15BBrNO4. The Kier molecular flexibility index (Phi) is 4.04. The Bertz CT molecular complexity index is 562.